The molecule has 1 saturated heterocycles. The zero-order valence-corrected chi connectivity index (χ0v) is 17.8. The summed E-state index contributed by atoms with van der Waals surface area (Å²) in [6, 6.07) is 19.0. The fraction of sp³-hybridized carbons (Fsp3) is 0.292. The predicted octanol–water partition coefficient (Wildman–Crippen LogP) is 3.51. The molecule has 7 nitrogen and oxygen atoms in total. The van der Waals surface area contributed by atoms with E-state index in [0.717, 1.165) is 41.7 Å². The quantitative estimate of drug-likeness (QED) is 0.610. The lowest BCUT2D eigenvalue weighted by Gasteiger charge is -2.35. The Kier molecular flexibility index (Phi) is 6.31. The Morgan fingerprint density at radius 2 is 1.71 bits per heavy atom. The SMILES string of the molecule is CCOc1ccc(C(=O)N2CCN(c3ccc(-c4cccc(OC)c4)nn3)CC2)cc1. The number of benzene rings is 2. The van der Waals surface area contributed by atoms with Gasteiger partial charge < -0.3 is 19.3 Å². The smallest absolute Gasteiger partial charge is 0.253 e. The molecule has 31 heavy (non-hydrogen) atoms. The first-order chi connectivity index (χ1) is 15.2. The van der Waals surface area contributed by atoms with Crippen LogP contribution in [0.2, 0.25) is 0 Å². The van der Waals surface area contributed by atoms with Gasteiger partial charge in [0.25, 0.3) is 5.91 Å². The van der Waals surface area contributed by atoms with Gasteiger partial charge in [-0.2, -0.15) is 0 Å². The van der Waals surface area contributed by atoms with Crippen LogP contribution < -0.4 is 14.4 Å². The van der Waals surface area contributed by atoms with E-state index < -0.39 is 0 Å². The molecule has 0 aliphatic carbocycles. The Bertz CT molecular complexity index is 1010. The highest BCUT2D eigenvalue weighted by atomic mass is 16.5. The minimum atomic E-state index is 0.0437. The number of methoxy groups -OCH3 is 1. The van der Waals surface area contributed by atoms with E-state index in [9.17, 15) is 4.79 Å². The number of carbonyl (C=O) groups is 1. The summed E-state index contributed by atoms with van der Waals surface area (Å²) < 4.78 is 10.7. The average Bonchev–Trinajstić information content (AvgIpc) is 2.84. The molecule has 1 fully saturated rings. The molecule has 0 saturated carbocycles. The zero-order chi connectivity index (χ0) is 21.6. The van der Waals surface area contributed by atoms with Crippen molar-refractivity contribution < 1.29 is 14.3 Å². The van der Waals surface area contributed by atoms with Crippen LogP contribution in [0.1, 0.15) is 17.3 Å². The average molecular weight is 418 g/mol. The zero-order valence-electron chi connectivity index (χ0n) is 17.8. The molecule has 2 aromatic carbocycles. The lowest BCUT2D eigenvalue weighted by molar-refractivity contribution is 0.0746. The van der Waals surface area contributed by atoms with Gasteiger partial charge in [0.05, 0.1) is 19.4 Å². The number of hydrogen-bond acceptors (Lipinski definition) is 6. The fourth-order valence-electron chi connectivity index (χ4n) is 3.61. The summed E-state index contributed by atoms with van der Waals surface area (Å²) >= 11 is 0. The summed E-state index contributed by atoms with van der Waals surface area (Å²) in [5.74, 6) is 2.43. The van der Waals surface area contributed by atoms with Crippen LogP contribution in [-0.2, 0) is 0 Å². The molecule has 1 amide bonds. The minimum Gasteiger partial charge on any atom is -0.497 e. The van der Waals surface area contributed by atoms with Crippen molar-refractivity contribution in [3.8, 4) is 22.8 Å². The van der Waals surface area contributed by atoms with Crippen molar-refractivity contribution in [1.82, 2.24) is 15.1 Å². The molecule has 0 N–H and O–H groups in total. The lowest BCUT2D eigenvalue weighted by Crippen LogP contribution is -2.49. The number of hydrogen-bond donors (Lipinski definition) is 0. The Labute approximate surface area is 182 Å². The molecule has 0 bridgehead atoms. The first-order valence-electron chi connectivity index (χ1n) is 10.4. The van der Waals surface area contributed by atoms with Crippen molar-refractivity contribution in [2.75, 3.05) is 44.8 Å². The highest BCUT2D eigenvalue weighted by Crippen LogP contribution is 2.23. The molecule has 0 spiro atoms. The number of ether oxygens (including phenoxy) is 2. The van der Waals surface area contributed by atoms with Crippen LogP contribution in [0, 0.1) is 0 Å². The molecular weight excluding hydrogens is 392 g/mol. The third kappa shape index (κ3) is 4.77. The third-order valence-electron chi connectivity index (χ3n) is 5.32. The van der Waals surface area contributed by atoms with Crippen LogP contribution in [0.4, 0.5) is 5.82 Å². The molecule has 160 valence electrons. The van der Waals surface area contributed by atoms with Crippen molar-refractivity contribution in [2.45, 2.75) is 6.92 Å². The summed E-state index contributed by atoms with van der Waals surface area (Å²) in [6.45, 7) is 5.27. The van der Waals surface area contributed by atoms with E-state index in [-0.39, 0.29) is 5.91 Å². The van der Waals surface area contributed by atoms with Crippen molar-refractivity contribution in [3.05, 3.63) is 66.2 Å². The first kappa shape index (κ1) is 20.7. The maximum Gasteiger partial charge on any atom is 0.253 e. The number of anilines is 1. The summed E-state index contributed by atoms with van der Waals surface area (Å²) in [5, 5.41) is 8.79. The largest absolute Gasteiger partial charge is 0.497 e. The van der Waals surface area contributed by atoms with Gasteiger partial charge in [-0.05, 0) is 55.5 Å². The normalized spacial score (nSPS) is 13.7. The molecule has 2 heterocycles. The maximum absolute atomic E-state index is 12.8. The fourth-order valence-corrected chi connectivity index (χ4v) is 3.61. The molecule has 1 aromatic heterocycles. The second-order valence-electron chi connectivity index (χ2n) is 7.25. The summed E-state index contributed by atoms with van der Waals surface area (Å²) in [4.78, 5) is 16.8. The third-order valence-corrected chi connectivity index (χ3v) is 5.32. The van der Waals surface area contributed by atoms with E-state index in [1.165, 1.54) is 0 Å². The number of piperazine rings is 1. The standard InChI is InChI=1S/C24H26N4O3/c1-3-31-20-9-7-18(8-10-20)24(29)28-15-13-27(14-16-28)23-12-11-22(25-26-23)19-5-4-6-21(17-19)30-2/h4-12,17H,3,13-16H2,1-2H3. The Morgan fingerprint density at radius 1 is 0.935 bits per heavy atom. The van der Waals surface area contributed by atoms with Gasteiger partial charge >= 0.3 is 0 Å². The van der Waals surface area contributed by atoms with Gasteiger partial charge in [-0.1, -0.05) is 12.1 Å². The molecular formula is C24H26N4O3. The summed E-state index contributed by atoms with van der Waals surface area (Å²) in [5.41, 5.74) is 2.44. The highest BCUT2D eigenvalue weighted by Gasteiger charge is 2.23. The topological polar surface area (TPSA) is 67.8 Å². The first-order valence-corrected chi connectivity index (χ1v) is 10.4. The van der Waals surface area contributed by atoms with Gasteiger partial charge in [0, 0.05) is 37.3 Å². The lowest BCUT2D eigenvalue weighted by atomic mass is 10.1. The van der Waals surface area contributed by atoms with Gasteiger partial charge in [-0.3, -0.25) is 4.79 Å². The van der Waals surface area contributed by atoms with E-state index >= 15 is 0 Å². The van der Waals surface area contributed by atoms with Crippen molar-refractivity contribution >= 4 is 11.7 Å². The van der Waals surface area contributed by atoms with Crippen LogP contribution in [0.25, 0.3) is 11.3 Å². The number of carbonyl (C=O) groups excluding carboxylic acids is 1. The van der Waals surface area contributed by atoms with Gasteiger partial charge in [0.2, 0.25) is 0 Å². The molecule has 4 rings (SSSR count). The van der Waals surface area contributed by atoms with Gasteiger partial charge in [-0.25, -0.2) is 0 Å². The van der Waals surface area contributed by atoms with E-state index in [4.69, 9.17) is 9.47 Å². The number of amides is 1. The Hall–Kier alpha value is -3.61. The van der Waals surface area contributed by atoms with Crippen LogP contribution in [0.15, 0.2) is 60.7 Å². The van der Waals surface area contributed by atoms with E-state index in [1.807, 2.05) is 72.5 Å². The Balaban J connectivity index is 1.36. The van der Waals surface area contributed by atoms with E-state index in [1.54, 1.807) is 7.11 Å². The highest BCUT2D eigenvalue weighted by molar-refractivity contribution is 5.94. The summed E-state index contributed by atoms with van der Waals surface area (Å²) in [6.07, 6.45) is 0. The maximum atomic E-state index is 12.8. The predicted molar refractivity (Wildman–Crippen MR) is 120 cm³/mol. The van der Waals surface area contributed by atoms with Crippen LogP contribution in [0.5, 0.6) is 11.5 Å². The number of nitrogens with zero attached hydrogens (tertiary/aromatic N) is 4. The number of rotatable bonds is 6. The summed E-state index contributed by atoms with van der Waals surface area (Å²) in [7, 11) is 1.65. The van der Waals surface area contributed by atoms with Gasteiger partial charge in [0.15, 0.2) is 5.82 Å². The van der Waals surface area contributed by atoms with Crippen LogP contribution in [0.3, 0.4) is 0 Å². The van der Waals surface area contributed by atoms with Crippen LogP contribution >= 0.6 is 0 Å². The second kappa shape index (κ2) is 9.47. The molecule has 3 aromatic rings. The van der Waals surface area contributed by atoms with Crippen molar-refractivity contribution in [2.24, 2.45) is 0 Å². The second-order valence-corrected chi connectivity index (χ2v) is 7.25. The molecule has 7 heteroatoms. The van der Waals surface area contributed by atoms with Crippen molar-refractivity contribution in [3.63, 3.8) is 0 Å². The molecule has 1 aliphatic rings. The molecule has 0 radical (unpaired) electrons. The van der Waals surface area contributed by atoms with Gasteiger partial charge in [-0.15, -0.1) is 10.2 Å². The minimum absolute atomic E-state index is 0.0437. The number of aromatic nitrogens is 2. The molecule has 1 aliphatic heterocycles. The van der Waals surface area contributed by atoms with Crippen LogP contribution in [-0.4, -0.2) is 60.9 Å². The molecule has 0 atom stereocenters. The van der Waals surface area contributed by atoms with Crippen molar-refractivity contribution in [1.29, 1.82) is 0 Å². The van der Waals surface area contributed by atoms with E-state index in [0.29, 0.717) is 25.3 Å². The Morgan fingerprint density at radius 3 is 2.35 bits per heavy atom. The monoisotopic (exact) mass is 418 g/mol. The molecule has 0 unspecified atom stereocenters. The van der Waals surface area contributed by atoms with Gasteiger partial charge in [0.1, 0.15) is 11.5 Å². The van der Waals surface area contributed by atoms with E-state index in [2.05, 4.69) is 15.1 Å².